The number of hydrogen-bond acceptors (Lipinski definition) is 4. The van der Waals surface area contributed by atoms with Crippen molar-refractivity contribution in [3.63, 3.8) is 0 Å². The Morgan fingerprint density at radius 2 is 2.24 bits per heavy atom. The summed E-state index contributed by atoms with van der Waals surface area (Å²) >= 11 is 0. The molecule has 1 spiro atoms. The average Bonchev–Trinajstić information content (AvgIpc) is 3.18. The van der Waals surface area contributed by atoms with Gasteiger partial charge in [-0.3, -0.25) is 9.78 Å². The molecule has 6 heteroatoms. The summed E-state index contributed by atoms with van der Waals surface area (Å²) in [6.07, 6.45) is 8.16. The lowest BCUT2D eigenvalue weighted by atomic mass is 9.62. The largest absolute Gasteiger partial charge is 0.336 e. The second-order valence-electron chi connectivity index (χ2n) is 7.51. The molecule has 4 rings (SSSR count). The van der Waals surface area contributed by atoms with E-state index < -0.39 is 0 Å². The number of hydrogen-bond donors (Lipinski definition) is 0. The lowest BCUT2D eigenvalue weighted by Crippen LogP contribution is -2.38. The predicted octanol–water partition coefficient (Wildman–Crippen LogP) is 2.80. The minimum absolute atomic E-state index is 0.0495. The zero-order valence-corrected chi connectivity index (χ0v) is 15.0. The van der Waals surface area contributed by atoms with E-state index in [4.69, 9.17) is 0 Å². The molecule has 2 aromatic rings. The first kappa shape index (κ1) is 16.2. The molecule has 2 aromatic heterocycles. The van der Waals surface area contributed by atoms with Crippen molar-refractivity contribution < 1.29 is 4.79 Å². The molecule has 25 heavy (non-hydrogen) atoms. The van der Waals surface area contributed by atoms with Gasteiger partial charge in [-0.15, -0.1) is 10.2 Å². The van der Waals surface area contributed by atoms with Crippen LogP contribution in [-0.2, 0) is 6.54 Å². The summed E-state index contributed by atoms with van der Waals surface area (Å²) in [4.78, 5) is 19.4. The van der Waals surface area contributed by atoms with Crippen LogP contribution in [0.4, 0.5) is 0 Å². The number of likely N-dealkylation sites (tertiary alicyclic amines) is 1. The third-order valence-electron chi connectivity index (χ3n) is 5.92. The molecule has 2 fully saturated rings. The normalized spacial score (nSPS) is 21.5. The van der Waals surface area contributed by atoms with E-state index in [1.54, 1.807) is 6.20 Å². The van der Waals surface area contributed by atoms with Gasteiger partial charge in [-0.05, 0) is 43.2 Å². The van der Waals surface area contributed by atoms with E-state index in [0.717, 1.165) is 37.4 Å². The summed E-state index contributed by atoms with van der Waals surface area (Å²) in [6, 6.07) is 3.82. The van der Waals surface area contributed by atoms with Crippen molar-refractivity contribution in [2.45, 2.75) is 52.0 Å². The van der Waals surface area contributed by atoms with Crippen LogP contribution in [0, 0.1) is 12.3 Å². The molecule has 1 atom stereocenters. The molecule has 2 aliphatic rings. The zero-order chi connectivity index (χ0) is 17.4. The van der Waals surface area contributed by atoms with Crippen LogP contribution in [0.2, 0.25) is 0 Å². The minimum Gasteiger partial charge on any atom is -0.336 e. The fraction of sp³-hybridized carbons (Fsp3) is 0.579. The molecular weight excluding hydrogens is 314 g/mol. The Bertz CT molecular complexity index is 780. The number of nitrogens with zero attached hydrogens (tertiary/aromatic N) is 5. The third kappa shape index (κ3) is 2.64. The van der Waals surface area contributed by atoms with E-state index in [-0.39, 0.29) is 17.2 Å². The zero-order valence-electron chi connectivity index (χ0n) is 15.0. The van der Waals surface area contributed by atoms with Gasteiger partial charge in [0.25, 0.3) is 5.91 Å². The standard InChI is InChI=1S/C19H25N5O/c1-3-10-23-13-21-22-17(23)15-11-24(12-19(15)7-5-8-19)18(25)16-14(2)6-4-9-20-16/h4,6,9,13,15H,3,5,7-8,10-12H2,1-2H3. The summed E-state index contributed by atoms with van der Waals surface area (Å²) in [5.41, 5.74) is 1.69. The number of aryl methyl sites for hydroxylation is 2. The molecule has 1 aliphatic heterocycles. The summed E-state index contributed by atoms with van der Waals surface area (Å²) in [7, 11) is 0. The first-order valence-electron chi connectivity index (χ1n) is 9.23. The molecule has 1 aliphatic carbocycles. The van der Waals surface area contributed by atoms with Crippen molar-refractivity contribution in [2.24, 2.45) is 5.41 Å². The number of aromatic nitrogens is 4. The Balaban J connectivity index is 1.63. The molecule has 132 valence electrons. The molecule has 0 N–H and O–H groups in total. The Labute approximate surface area is 148 Å². The van der Waals surface area contributed by atoms with E-state index in [1.807, 2.05) is 30.3 Å². The Kier molecular flexibility index (Phi) is 4.06. The van der Waals surface area contributed by atoms with Crippen molar-refractivity contribution in [2.75, 3.05) is 13.1 Å². The van der Waals surface area contributed by atoms with E-state index in [0.29, 0.717) is 5.69 Å². The highest BCUT2D eigenvalue weighted by Crippen LogP contribution is 2.55. The molecule has 6 nitrogen and oxygen atoms in total. The Morgan fingerprint density at radius 1 is 1.40 bits per heavy atom. The van der Waals surface area contributed by atoms with Gasteiger partial charge in [-0.1, -0.05) is 19.4 Å². The number of rotatable bonds is 4. The second kappa shape index (κ2) is 6.24. The minimum atomic E-state index is 0.0495. The Morgan fingerprint density at radius 3 is 2.92 bits per heavy atom. The topological polar surface area (TPSA) is 63.9 Å². The van der Waals surface area contributed by atoms with Gasteiger partial charge in [-0.25, -0.2) is 0 Å². The first-order valence-corrected chi connectivity index (χ1v) is 9.23. The predicted molar refractivity (Wildman–Crippen MR) is 94.2 cm³/mol. The van der Waals surface area contributed by atoms with Crippen LogP contribution in [0.25, 0.3) is 0 Å². The number of amides is 1. The van der Waals surface area contributed by atoms with Crippen LogP contribution >= 0.6 is 0 Å². The lowest BCUT2D eigenvalue weighted by Gasteiger charge is -2.42. The van der Waals surface area contributed by atoms with E-state index in [1.165, 1.54) is 19.3 Å². The fourth-order valence-corrected chi connectivity index (χ4v) is 4.42. The third-order valence-corrected chi connectivity index (χ3v) is 5.92. The molecular formula is C19H25N5O. The van der Waals surface area contributed by atoms with E-state index in [9.17, 15) is 4.79 Å². The lowest BCUT2D eigenvalue weighted by molar-refractivity contribution is 0.0717. The van der Waals surface area contributed by atoms with Gasteiger partial charge < -0.3 is 9.47 Å². The van der Waals surface area contributed by atoms with Gasteiger partial charge in [0.2, 0.25) is 0 Å². The quantitative estimate of drug-likeness (QED) is 0.859. The number of carbonyl (C=O) groups is 1. The van der Waals surface area contributed by atoms with Crippen molar-refractivity contribution >= 4 is 5.91 Å². The van der Waals surface area contributed by atoms with E-state index >= 15 is 0 Å². The van der Waals surface area contributed by atoms with Crippen molar-refractivity contribution in [3.05, 3.63) is 41.7 Å². The van der Waals surface area contributed by atoms with Gasteiger partial charge in [0.1, 0.15) is 17.8 Å². The summed E-state index contributed by atoms with van der Waals surface area (Å²) in [6.45, 7) is 6.58. The van der Waals surface area contributed by atoms with Crippen molar-refractivity contribution in [3.8, 4) is 0 Å². The first-order chi connectivity index (χ1) is 12.1. The summed E-state index contributed by atoms with van der Waals surface area (Å²) in [5, 5.41) is 8.59. The summed E-state index contributed by atoms with van der Waals surface area (Å²) in [5.74, 6) is 1.38. The highest BCUT2D eigenvalue weighted by Gasteiger charge is 2.53. The molecule has 1 unspecified atom stereocenters. The maximum Gasteiger partial charge on any atom is 0.272 e. The number of pyridine rings is 1. The van der Waals surface area contributed by atoms with Crippen LogP contribution in [0.1, 0.15) is 60.4 Å². The molecule has 1 saturated carbocycles. The van der Waals surface area contributed by atoms with Crippen LogP contribution in [0.15, 0.2) is 24.7 Å². The average molecular weight is 339 g/mol. The van der Waals surface area contributed by atoms with Crippen LogP contribution in [-0.4, -0.2) is 43.6 Å². The van der Waals surface area contributed by atoms with Gasteiger partial charge in [0.05, 0.1) is 0 Å². The van der Waals surface area contributed by atoms with Crippen molar-refractivity contribution in [1.82, 2.24) is 24.6 Å². The molecule has 1 amide bonds. The van der Waals surface area contributed by atoms with E-state index in [2.05, 4.69) is 26.7 Å². The van der Waals surface area contributed by atoms with Gasteiger partial charge in [0.15, 0.2) is 0 Å². The summed E-state index contributed by atoms with van der Waals surface area (Å²) < 4.78 is 2.17. The van der Waals surface area contributed by atoms with Crippen LogP contribution in [0.3, 0.4) is 0 Å². The second-order valence-corrected chi connectivity index (χ2v) is 7.51. The molecule has 0 radical (unpaired) electrons. The van der Waals surface area contributed by atoms with Crippen molar-refractivity contribution in [1.29, 1.82) is 0 Å². The van der Waals surface area contributed by atoms with Crippen LogP contribution < -0.4 is 0 Å². The molecule has 3 heterocycles. The fourth-order valence-electron chi connectivity index (χ4n) is 4.42. The molecule has 0 aromatic carbocycles. The molecule has 1 saturated heterocycles. The molecule has 0 bridgehead atoms. The smallest absolute Gasteiger partial charge is 0.272 e. The van der Waals surface area contributed by atoms with Crippen LogP contribution in [0.5, 0.6) is 0 Å². The van der Waals surface area contributed by atoms with Gasteiger partial charge in [0, 0.05) is 31.7 Å². The SMILES string of the molecule is CCCn1cnnc1C1CN(C(=O)c2ncccc2C)CC12CCC2. The monoisotopic (exact) mass is 339 g/mol. The maximum absolute atomic E-state index is 13.0. The Hall–Kier alpha value is -2.24. The van der Waals surface area contributed by atoms with Gasteiger partial charge >= 0.3 is 0 Å². The number of carbonyl (C=O) groups excluding carboxylic acids is 1. The highest BCUT2D eigenvalue weighted by molar-refractivity contribution is 5.94. The maximum atomic E-state index is 13.0. The highest BCUT2D eigenvalue weighted by atomic mass is 16.2. The van der Waals surface area contributed by atoms with Gasteiger partial charge in [-0.2, -0.15) is 0 Å².